The van der Waals surface area contributed by atoms with Crippen molar-refractivity contribution in [3.05, 3.63) is 29.8 Å². The second kappa shape index (κ2) is 6.06. The first-order chi connectivity index (χ1) is 13.8. The van der Waals surface area contributed by atoms with Gasteiger partial charge in [0.25, 0.3) is 0 Å². The van der Waals surface area contributed by atoms with Crippen molar-refractivity contribution in [1.29, 1.82) is 0 Å². The van der Waals surface area contributed by atoms with Gasteiger partial charge in [-0.05, 0) is 55.7 Å². The number of hydrogen-bond acceptors (Lipinski definition) is 3. The van der Waals surface area contributed by atoms with Crippen LogP contribution in [0.2, 0.25) is 0 Å². The minimum Gasteiger partial charge on any atom is -0.303 e. The molecule has 0 amide bonds. The van der Waals surface area contributed by atoms with E-state index in [4.69, 9.17) is 17.8 Å². The molecule has 1 atom stereocenters. The molecule has 1 unspecified atom stereocenters. The molecule has 0 aliphatic carbocycles. The van der Waals surface area contributed by atoms with E-state index >= 15 is 0 Å². The Labute approximate surface area is 134 Å². The Morgan fingerprint density at radius 2 is 2.37 bits per heavy atom. The molecule has 0 spiro atoms. The molecule has 0 bridgehead atoms. The number of hydrogen-bond donors (Lipinski definition) is 0. The smallest absolute Gasteiger partial charge is 0.175 e. The summed E-state index contributed by atoms with van der Waals surface area (Å²) in [6.07, 6.45) is -9.62. The van der Waals surface area contributed by atoms with E-state index in [-0.39, 0.29) is 0 Å². The summed E-state index contributed by atoms with van der Waals surface area (Å²) < 4.78 is 131. The van der Waals surface area contributed by atoms with E-state index in [1.165, 1.54) is 0 Å². The van der Waals surface area contributed by atoms with Crippen molar-refractivity contribution in [2.45, 2.75) is 36.8 Å². The summed E-state index contributed by atoms with van der Waals surface area (Å²) in [4.78, 5) is -0.864. The van der Waals surface area contributed by atoms with E-state index in [1.54, 1.807) is 0 Å². The predicted molar refractivity (Wildman–Crippen MR) is 78.3 cm³/mol. The van der Waals surface area contributed by atoms with Crippen LogP contribution in [0.25, 0.3) is 0 Å². The molecule has 106 valence electrons. The molecule has 1 aromatic rings. The lowest BCUT2D eigenvalue weighted by Crippen LogP contribution is -2.34. The van der Waals surface area contributed by atoms with Gasteiger partial charge in [0, 0.05) is 30.6 Å². The fourth-order valence-corrected chi connectivity index (χ4v) is 2.17. The average Bonchev–Trinajstić information content (AvgIpc) is 2.57. The van der Waals surface area contributed by atoms with Crippen molar-refractivity contribution in [1.82, 2.24) is 4.90 Å². The Bertz CT molecular complexity index is 1020. The minimum absolute atomic E-state index is 0.422. The molecule has 1 fully saturated rings. The Kier molecular flexibility index (Phi) is 1.64. The highest BCUT2D eigenvalue weighted by atomic mass is 32.2. The Morgan fingerprint density at radius 1 is 1.58 bits per heavy atom. The van der Waals surface area contributed by atoms with Crippen LogP contribution in [-0.2, 0) is 9.84 Å². The summed E-state index contributed by atoms with van der Waals surface area (Å²) in [6, 6.07) is 3.88. The van der Waals surface area contributed by atoms with Crippen molar-refractivity contribution < 1.29 is 26.2 Å². The normalized spacial score (nSPS) is 47.6. The summed E-state index contributed by atoms with van der Waals surface area (Å²) in [7, 11) is -3.93. The van der Waals surface area contributed by atoms with Crippen molar-refractivity contribution >= 4 is 9.84 Å². The second-order valence-electron chi connectivity index (χ2n) is 3.85. The molecule has 0 saturated carbocycles. The third-order valence-electron chi connectivity index (χ3n) is 2.35. The first-order valence-corrected chi connectivity index (χ1v) is 7.33. The van der Waals surface area contributed by atoms with Crippen LogP contribution in [0.15, 0.2) is 29.2 Å². The summed E-state index contributed by atoms with van der Waals surface area (Å²) in [5.41, 5.74) is -0.688. The van der Waals surface area contributed by atoms with Gasteiger partial charge in [0.15, 0.2) is 9.84 Å². The van der Waals surface area contributed by atoms with Gasteiger partial charge in [-0.25, -0.2) is 8.42 Å². The highest BCUT2D eigenvalue weighted by molar-refractivity contribution is 7.90. The maximum Gasteiger partial charge on any atom is 0.175 e. The van der Waals surface area contributed by atoms with Gasteiger partial charge >= 0.3 is 0 Å². The van der Waals surface area contributed by atoms with Crippen LogP contribution >= 0.6 is 0 Å². The third-order valence-corrected chi connectivity index (χ3v) is 3.46. The molecule has 1 aliphatic rings. The Balaban J connectivity index is 3.04. The summed E-state index contributed by atoms with van der Waals surface area (Å²) >= 11 is 0. The van der Waals surface area contributed by atoms with Gasteiger partial charge in [-0.2, -0.15) is 0 Å². The first kappa shape index (κ1) is 5.15. The average molecular weight is 295 g/mol. The monoisotopic (exact) mass is 294 g/mol. The van der Waals surface area contributed by atoms with Crippen LogP contribution in [0.5, 0.6) is 0 Å². The van der Waals surface area contributed by atoms with E-state index in [0.717, 1.165) is 30.5 Å². The van der Waals surface area contributed by atoms with Crippen molar-refractivity contribution in [3.8, 4) is 0 Å². The highest BCUT2D eigenvalue weighted by Gasteiger charge is 2.21. The van der Waals surface area contributed by atoms with E-state index < -0.39 is 69.7 Å². The lowest BCUT2D eigenvalue weighted by Gasteiger charge is -2.32. The molecule has 1 aliphatic heterocycles. The maximum absolute atomic E-state index is 12.0. The van der Waals surface area contributed by atoms with Gasteiger partial charge in [-0.15, -0.1) is 0 Å². The van der Waals surface area contributed by atoms with E-state index in [2.05, 4.69) is 0 Å². The number of rotatable bonds is 4. The zero-order chi connectivity index (χ0) is 25.6. The van der Waals surface area contributed by atoms with Crippen LogP contribution in [0.4, 0.5) is 0 Å². The SMILES string of the molecule is [2H]C([2H])(C)C([2H])([2H])N1C([2H])([2H])C([2H])([2H])C([2H])([2H])C([2H])(c2cccc(S(C)(=O)=O)c2)C1([2H])[2H]. The van der Waals surface area contributed by atoms with Crippen LogP contribution < -0.4 is 0 Å². The fourth-order valence-electron chi connectivity index (χ4n) is 1.50. The molecule has 1 aromatic carbocycles. The first-order valence-electron chi connectivity index (χ1n) is 11.9. The summed E-state index contributed by atoms with van der Waals surface area (Å²) in [6.45, 7) is -10.4. The highest BCUT2D eigenvalue weighted by Crippen LogP contribution is 2.28. The zero-order valence-electron chi connectivity index (χ0n) is 23.5. The molecular weight excluding hydrogens is 258 g/mol. The van der Waals surface area contributed by atoms with E-state index in [0.29, 0.717) is 6.92 Å². The van der Waals surface area contributed by atoms with E-state index in [9.17, 15) is 8.42 Å². The topological polar surface area (TPSA) is 37.4 Å². The molecule has 0 N–H and O–H groups in total. The molecule has 0 aromatic heterocycles. The van der Waals surface area contributed by atoms with Gasteiger partial charge in [-0.3, -0.25) is 0 Å². The Hall–Kier alpha value is -0.870. The third kappa shape index (κ3) is 3.80. The van der Waals surface area contributed by atoms with Crippen LogP contribution in [0, 0.1) is 0 Å². The van der Waals surface area contributed by atoms with Crippen LogP contribution in [0.1, 0.15) is 55.3 Å². The summed E-state index contributed by atoms with van der Waals surface area (Å²) in [5, 5.41) is 0. The lowest BCUT2D eigenvalue weighted by molar-refractivity contribution is 0.208. The second-order valence-corrected chi connectivity index (χ2v) is 5.86. The van der Waals surface area contributed by atoms with Gasteiger partial charge in [0.1, 0.15) is 0 Å². The van der Waals surface area contributed by atoms with Gasteiger partial charge in [-0.1, -0.05) is 19.1 Å². The minimum atomic E-state index is -3.93. The molecule has 3 nitrogen and oxygen atoms in total. The number of sulfone groups is 1. The molecular formula is C15H23NO2S. The maximum atomic E-state index is 12.0. The molecule has 19 heavy (non-hydrogen) atoms. The standard InChI is InChI=1S/C15H23NO2S/c1-3-9-16-10-5-7-14(12-16)13-6-4-8-15(11-13)19(2,17)18/h4,6,8,11,14H,3,5,7,9-10,12H2,1-2H3/i3D2,5D2,7D2,9D2,10D2,12D2,14D. The molecule has 1 heterocycles. The molecule has 0 radical (unpaired) electrons. The number of nitrogens with zero attached hydrogens (tertiary/aromatic N) is 1. The molecule has 1 saturated heterocycles. The quantitative estimate of drug-likeness (QED) is 0.857. The number of likely N-dealkylation sites (tertiary alicyclic amines) is 1. The van der Waals surface area contributed by atoms with Crippen molar-refractivity contribution in [2.75, 3.05) is 25.7 Å². The number of piperidine rings is 1. The summed E-state index contributed by atoms with van der Waals surface area (Å²) in [5.74, 6) is -3.44. The van der Waals surface area contributed by atoms with Crippen LogP contribution in [0.3, 0.4) is 0 Å². The van der Waals surface area contributed by atoms with Crippen molar-refractivity contribution in [2.24, 2.45) is 0 Å². The van der Waals surface area contributed by atoms with Crippen molar-refractivity contribution in [3.63, 3.8) is 0 Å². The predicted octanol–water partition coefficient (Wildman–Crippen LogP) is 2.68. The zero-order valence-corrected chi connectivity index (χ0v) is 11.3. The van der Waals surface area contributed by atoms with Gasteiger partial charge in [0.05, 0.1) is 4.90 Å². The van der Waals surface area contributed by atoms with Crippen LogP contribution in [-0.4, -0.2) is 39.1 Å². The van der Waals surface area contributed by atoms with Gasteiger partial charge in [0.2, 0.25) is 0 Å². The van der Waals surface area contributed by atoms with Gasteiger partial charge < -0.3 is 4.90 Å². The fraction of sp³-hybridized carbons (Fsp3) is 0.600. The largest absolute Gasteiger partial charge is 0.303 e. The van der Waals surface area contributed by atoms with E-state index in [1.807, 2.05) is 0 Å². The molecule has 2 rings (SSSR count). The molecule has 4 heteroatoms. The lowest BCUT2D eigenvalue weighted by atomic mass is 9.90. The number of benzene rings is 1. The Morgan fingerprint density at radius 3 is 3.05 bits per heavy atom.